The maximum absolute atomic E-state index is 15.1. The molecule has 0 aliphatic carbocycles. The molecule has 2 aliphatic heterocycles. The van der Waals surface area contributed by atoms with E-state index in [0.29, 0.717) is 5.56 Å². The van der Waals surface area contributed by atoms with Gasteiger partial charge in [-0.1, -0.05) is 6.92 Å². The summed E-state index contributed by atoms with van der Waals surface area (Å²) in [5.41, 5.74) is 0.0931. The molecule has 4 rings (SSSR count). The third kappa shape index (κ3) is 6.41. The third-order valence-corrected chi connectivity index (χ3v) is 6.58. The number of amides is 4. The van der Waals surface area contributed by atoms with Crippen LogP contribution in [0.3, 0.4) is 0 Å². The second kappa shape index (κ2) is 12.0. The highest BCUT2D eigenvalue weighted by molar-refractivity contribution is 5.97. The molecule has 2 aliphatic rings. The molecule has 0 spiro atoms. The third-order valence-electron chi connectivity index (χ3n) is 6.58. The highest BCUT2D eigenvalue weighted by Gasteiger charge is 2.34. The Morgan fingerprint density at radius 1 is 1.15 bits per heavy atom. The summed E-state index contributed by atoms with van der Waals surface area (Å²) in [6.07, 6.45) is 1.83. The first-order chi connectivity index (χ1) is 18.7. The Kier molecular flexibility index (Phi) is 8.57. The van der Waals surface area contributed by atoms with Crippen LogP contribution >= 0.6 is 0 Å². The van der Waals surface area contributed by atoms with E-state index < -0.39 is 35.8 Å². The monoisotopic (exact) mass is 544 g/mol. The van der Waals surface area contributed by atoms with Gasteiger partial charge < -0.3 is 25.2 Å². The van der Waals surface area contributed by atoms with Crippen LogP contribution in [0.25, 0.3) is 0 Å². The van der Waals surface area contributed by atoms with Gasteiger partial charge in [-0.3, -0.25) is 24.3 Å². The second-order valence-electron chi connectivity index (χ2n) is 9.28. The van der Waals surface area contributed by atoms with E-state index >= 15 is 8.78 Å². The Balaban J connectivity index is 1.34. The molecular weight excluding hydrogens is 514 g/mol. The number of aromatic nitrogens is 1. The largest absolute Gasteiger partial charge is 0.442 e. The number of benzene rings is 1. The highest BCUT2D eigenvalue weighted by atomic mass is 19.1. The van der Waals surface area contributed by atoms with Crippen molar-refractivity contribution < 1.29 is 32.7 Å². The summed E-state index contributed by atoms with van der Waals surface area (Å²) >= 11 is 0. The Morgan fingerprint density at radius 2 is 1.85 bits per heavy atom. The second-order valence-corrected chi connectivity index (χ2v) is 9.28. The van der Waals surface area contributed by atoms with Crippen molar-refractivity contribution in [1.82, 2.24) is 20.5 Å². The van der Waals surface area contributed by atoms with Gasteiger partial charge in [0.15, 0.2) is 11.6 Å². The van der Waals surface area contributed by atoms with Gasteiger partial charge in [-0.05, 0) is 19.1 Å². The van der Waals surface area contributed by atoms with Crippen molar-refractivity contribution in [3.8, 4) is 0 Å². The fourth-order valence-electron chi connectivity index (χ4n) is 4.46. The molecule has 11 nitrogen and oxygen atoms in total. The van der Waals surface area contributed by atoms with E-state index in [4.69, 9.17) is 4.74 Å². The van der Waals surface area contributed by atoms with Gasteiger partial charge in [-0.25, -0.2) is 13.6 Å². The minimum Gasteiger partial charge on any atom is -0.442 e. The first-order valence-corrected chi connectivity index (χ1v) is 12.7. The molecule has 13 heteroatoms. The van der Waals surface area contributed by atoms with E-state index in [2.05, 4.69) is 15.6 Å². The summed E-state index contributed by atoms with van der Waals surface area (Å²) in [6, 6.07) is 4.55. The molecule has 2 atom stereocenters. The Bertz CT molecular complexity index is 1220. The fourth-order valence-corrected chi connectivity index (χ4v) is 4.46. The summed E-state index contributed by atoms with van der Waals surface area (Å²) in [7, 11) is 0. The van der Waals surface area contributed by atoms with E-state index in [0.717, 1.165) is 17.0 Å². The number of hydrogen-bond donors (Lipinski definition) is 2. The molecule has 0 saturated carbocycles. The number of hydrogen-bond acceptors (Lipinski definition) is 7. The van der Waals surface area contributed by atoms with Crippen LogP contribution in [0, 0.1) is 11.6 Å². The molecule has 0 radical (unpaired) electrons. The molecule has 39 heavy (non-hydrogen) atoms. The van der Waals surface area contributed by atoms with Crippen LogP contribution in [-0.4, -0.2) is 85.1 Å². The van der Waals surface area contributed by atoms with Gasteiger partial charge in [0.1, 0.15) is 17.8 Å². The van der Waals surface area contributed by atoms with Gasteiger partial charge in [0.05, 0.1) is 24.3 Å². The van der Waals surface area contributed by atoms with Crippen molar-refractivity contribution in [1.29, 1.82) is 0 Å². The first-order valence-electron chi connectivity index (χ1n) is 12.7. The number of pyridine rings is 1. The average molecular weight is 545 g/mol. The van der Waals surface area contributed by atoms with Gasteiger partial charge in [-0.2, -0.15) is 0 Å². The number of cyclic esters (lactones) is 1. The SMILES string of the molecule is CCC(=O)NC[C@H]1CN(c2cc(F)c(N3CCN(C(=O)[C@H](C)NC(=O)c4cccnc4)CC3)c(F)c2)C(=O)O1. The van der Waals surface area contributed by atoms with Crippen molar-refractivity contribution in [3.05, 3.63) is 53.9 Å². The van der Waals surface area contributed by atoms with Crippen LogP contribution in [0.1, 0.15) is 30.6 Å². The zero-order valence-electron chi connectivity index (χ0n) is 21.7. The summed E-state index contributed by atoms with van der Waals surface area (Å²) in [4.78, 5) is 57.0. The quantitative estimate of drug-likeness (QED) is 0.518. The predicted octanol–water partition coefficient (Wildman–Crippen LogP) is 1.68. The number of anilines is 2. The summed E-state index contributed by atoms with van der Waals surface area (Å²) in [5.74, 6) is -2.63. The molecule has 1 aromatic carbocycles. The predicted molar refractivity (Wildman–Crippen MR) is 137 cm³/mol. The number of halogens is 2. The number of rotatable bonds is 8. The molecule has 0 bridgehead atoms. The van der Waals surface area contributed by atoms with Crippen LogP contribution in [0.15, 0.2) is 36.7 Å². The number of ether oxygens (including phenoxy) is 1. The van der Waals surface area contributed by atoms with Gasteiger partial charge in [0, 0.05) is 57.1 Å². The summed E-state index contributed by atoms with van der Waals surface area (Å²) in [6.45, 7) is 4.17. The fraction of sp³-hybridized carbons (Fsp3) is 0.423. The van der Waals surface area contributed by atoms with E-state index in [1.807, 2.05) is 0 Å². The minimum absolute atomic E-state index is 0.00932. The zero-order valence-corrected chi connectivity index (χ0v) is 21.7. The maximum Gasteiger partial charge on any atom is 0.414 e. The lowest BCUT2D eigenvalue weighted by atomic mass is 10.1. The van der Waals surface area contributed by atoms with Crippen LogP contribution < -0.4 is 20.4 Å². The number of nitrogens with zero attached hydrogens (tertiary/aromatic N) is 4. The number of piperazine rings is 1. The Morgan fingerprint density at radius 3 is 2.46 bits per heavy atom. The first kappa shape index (κ1) is 27.7. The Hall–Kier alpha value is -4.29. The zero-order chi connectivity index (χ0) is 28.1. The minimum atomic E-state index is -0.850. The summed E-state index contributed by atoms with van der Waals surface area (Å²) < 4.78 is 35.4. The lowest BCUT2D eigenvalue weighted by Crippen LogP contribution is -2.54. The van der Waals surface area contributed by atoms with Crippen LogP contribution in [-0.2, 0) is 14.3 Å². The number of carbonyl (C=O) groups excluding carboxylic acids is 4. The van der Waals surface area contributed by atoms with Crippen LogP contribution in [0.2, 0.25) is 0 Å². The van der Waals surface area contributed by atoms with E-state index in [1.165, 1.54) is 22.2 Å². The molecule has 2 N–H and O–H groups in total. The average Bonchev–Trinajstić information content (AvgIpc) is 3.32. The van der Waals surface area contributed by atoms with Gasteiger partial charge in [-0.15, -0.1) is 0 Å². The van der Waals surface area contributed by atoms with E-state index in [9.17, 15) is 19.2 Å². The highest BCUT2D eigenvalue weighted by Crippen LogP contribution is 2.31. The molecule has 1 aromatic heterocycles. The normalized spacial score (nSPS) is 18.0. The maximum atomic E-state index is 15.1. The molecule has 0 unspecified atom stereocenters. The van der Waals surface area contributed by atoms with Crippen LogP contribution in [0.5, 0.6) is 0 Å². The molecule has 2 aromatic rings. The van der Waals surface area contributed by atoms with Gasteiger partial charge in [0.25, 0.3) is 5.91 Å². The topological polar surface area (TPSA) is 124 Å². The van der Waals surface area contributed by atoms with Crippen LogP contribution in [0.4, 0.5) is 25.0 Å². The lowest BCUT2D eigenvalue weighted by Gasteiger charge is -2.37. The summed E-state index contributed by atoms with van der Waals surface area (Å²) in [5, 5.41) is 5.27. The van der Waals surface area contributed by atoms with E-state index in [1.54, 1.807) is 26.0 Å². The lowest BCUT2D eigenvalue weighted by molar-refractivity contribution is -0.133. The van der Waals surface area contributed by atoms with Crippen molar-refractivity contribution in [2.24, 2.45) is 0 Å². The molecular formula is C26H30F2N6O5. The van der Waals surface area contributed by atoms with Crippen molar-refractivity contribution in [2.45, 2.75) is 32.4 Å². The Labute approximate surface area is 224 Å². The standard InChI is InChI=1S/C26H30F2N6O5/c1-3-22(35)30-14-19-15-34(26(38)39-19)18-11-20(27)23(21(28)12-18)32-7-9-33(10-8-32)25(37)16(2)31-24(36)17-5-4-6-29-13-17/h4-6,11-13,16,19H,3,7-10,14-15H2,1-2H3,(H,30,35)(H,31,36)/t16-,19-/m0/s1. The molecule has 2 saturated heterocycles. The van der Waals surface area contributed by atoms with Crippen molar-refractivity contribution in [2.75, 3.05) is 49.1 Å². The van der Waals surface area contributed by atoms with E-state index in [-0.39, 0.29) is 68.9 Å². The molecule has 4 amide bonds. The molecule has 208 valence electrons. The van der Waals surface area contributed by atoms with Gasteiger partial charge in [0.2, 0.25) is 11.8 Å². The van der Waals surface area contributed by atoms with Crippen molar-refractivity contribution in [3.63, 3.8) is 0 Å². The van der Waals surface area contributed by atoms with Gasteiger partial charge >= 0.3 is 6.09 Å². The number of carbonyl (C=O) groups is 4. The van der Waals surface area contributed by atoms with Crippen molar-refractivity contribution >= 4 is 35.2 Å². The number of nitrogens with one attached hydrogen (secondary N) is 2. The smallest absolute Gasteiger partial charge is 0.414 e. The molecule has 2 fully saturated rings. The molecule has 3 heterocycles.